The van der Waals surface area contributed by atoms with E-state index in [0.29, 0.717) is 24.5 Å². The van der Waals surface area contributed by atoms with Crippen LogP contribution in [0.5, 0.6) is 0 Å². The van der Waals surface area contributed by atoms with Crippen molar-refractivity contribution in [3.8, 4) is 0 Å². The molecule has 2 amide bonds. The normalized spacial score (nSPS) is 17.0. The summed E-state index contributed by atoms with van der Waals surface area (Å²) in [6.45, 7) is 4.86. The number of carbonyl (C=O) groups is 2. The van der Waals surface area contributed by atoms with Gasteiger partial charge < -0.3 is 15.5 Å². The molecule has 1 aliphatic heterocycles. The fraction of sp³-hybridized carbons (Fsp3) is 0.500. The number of nitrogens with one attached hydrogen (secondary N) is 2. The third-order valence-electron chi connectivity index (χ3n) is 3.69. The van der Waals surface area contributed by atoms with Crippen molar-refractivity contribution in [2.45, 2.75) is 19.8 Å². The summed E-state index contributed by atoms with van der Waals surface area (Å²) in [5.41, 5.74) is 0.786. The van der Waals surface area contributed by atoms with Crippen molar-refractivity contribution < 1.29 is 9.59 Å². The van der Waals surface area contributed by atoms with Gasteiger partial charge in [0.05, 0.1) is 0 Å². The highest BCUT2D eigenvalue weighted by atomic mass is 35.5. The van der Waals surface area contributed by atoms with Crippen LogP contribution in [0.25, 0.3) is 0 Å². The first-order valence-electron chi connectivity index (χ1n) is 7.69. The number of halogens is 2. The molecule has 23 heavy (non-hydrogen) atoms. The largest absolute Gasteiger partial charge is 0.354 e. The van der Waals surface area contributed by atoms with Crippen molar-refractivity contribution in [2.24, 2.45) is 5.92 Å². The average Bonchev–Trinajstić information content (AvgIpc) is 2.89. The second-order valence-corrected chi connectivity index (χ2v) is 5.79. The van der Waals surface area contributed by atoms with Crippen LogP contribution < -0.4 is 15.5 Å². The minimum absolute atomic E-state index is 0. The predicted molar refractivity (Wildman–Crippen MR) is 95.3 cm³/mol. The highest BCUT2D eigenvalue weighted by Crippen LogP contribution is 2.26. The Balaban J connectivity index is 0.00000264. The molecule has 1 aromatic rings. The molecule has 2 rings (SSSR count). The molecule has 1 saturated heterocycles. The van der Waals surface area contributed by atoms with E-state index in [9.17, 15) is 9.59 Å². The highest BCUT2D eigenvalue weighted by molar-refractivity contribution is 6.30. The molecule has 128 valence electrons. The topological polar surface area (TPSA) is 61.4 Å². The number of carbonyl (C=O) groups excluding carboxylic acids is 2. The Morgan fingerprint density at radius 3 is 2.61 bits per heavy atom. The second kappa shape index (κ2) is 9.75. The van der Waals surface area contributed by atoms with Crippen LogP contribution in [0.3, 0.4) is 0 Å². The number of amides is 2. The van der Waals surface area contributed by atoms with Gasteiger partial charge in [0, 0.05) is 30.3 Å². The van der Waals surface area contributed by atoms with E-state index in [4.69, 9.17) is 11.6 Å². The monoisotopic (exact) mass is 359 g/mol. The highest BCUT2D eigenvalue weighted by Gasteiger charge is 2.37. The van der Waals surface area contributed by atoms with E-state index in [1.807, 2.05) is 0 Å². The first kappa shape index (κ1) is 19.7. The minimum atomic E-state index is -0.582. The van der Waals surface area contributed by atoms with Crippen molar-refractivity contribution in [3.05, 3.63) is 29.3 Å². The summed E-state index contributed by atoms with van der Waals surface area (Å²) in [5, 5.41) is 6.66. The van der Waals surface area contributed by atoms with Crippen LogP contribution in [0.2, 0.25) is 5.02 Å². The molecule has 1 aromatic carbocycles. The maximum Gasteiger partial charge on any atom is 0.239 e. The molecule has 1 heterocycles. The summed E-state index contributed by atoms with van der Waals surface area (Å²) in [7, 11) is 0. The lowest BCUT2D eigenvalue weighted by molar-refractivity contribution is -0.132. The maximum absolute atomic E-state index is 12.4. The predicted octanol–water partition coefficient (Wildman–Crippen LogP) is 2.23. The second-order valence-electron chi connectivity index (χ2n) is 5.35. The van der Waals surface area contributed by atoms with Crippen molar-refractivity contribution in [3.63, 3.8) is 0 Å². The third-order valence-corrected chi connectivity index (χ3v) is 3.94. The Morgan fingerprint density at radius 2 is 1.96 bits per heavy atom. The van der Waals surface area contributed by atoms with Gasteiger partial charge in [-0.3, -0.25) is 9.59 Å². The van der Waals surface area contributed by atoms with Gasteiger partial charge in [-0.05, 0) is 43.7 Å². The summed E-state index contributed by atoms with van der Waals surface area (Å²) in [6, 6.07) is 7.10. The fourth-order valence-corrected chi connectivity index (χ4v) is 2.63. The summed E-state index contributed by atoms with van der Waals surface area (Å²) in [4.78, 5) is 26.1. The smallest absolute Gasteiger partial charge is 0.239 e. The van der Waals surface area contributed by atoms with Crippen LogP contribution >= 0.6 is 24.0 Å². The van der Waals surface area contributed by atoms with Crippen molar-refractivity contribution in [1.82, 2.24) is 10.6 Å². The van der Waals surface area contributed by atoms with Crippen LogP contribution in [0, 0.1) is 5.92 Å². The van der Waals surface area contributed by atoms with Crippen LogP contribution in [0.15, 0.2) is 24.3 Å². The van der Waals surface area contributed by atoms with Gasteiger partial charge in [-0.1, -0.05) is 18.5 Å². The van der Waals surface area contributed by atoms with Gasteiger partial charge >= 0.3 is 0 Å². The van der Waals surface area contributed by atoms with Gasteiger partial charge in [-0.15, -0.1) is 12.4 Å². The van der Waals surface area contributed by atoms with E-state index in [1.165, 1.54) is 0 Å². The molecule has 1 unspecified atom stereocenters. The number of anilines is 1. The summed E-state index contributed by atoms with van der Waals surface area (Å²) < 4.78 is 0. The molecule has 1 fully saturated rings. The van der Waals surface area contributed by atoms with Gasteiger partial charge in [-0.2, -0.15) is 0 Å². The zero-order chi connectivity index (χ0) is 15.9. The van der Waals surface area contributed by atoms with Gasteiger partial charge in [-0.25, -0.2) is 0 Å². The van der Waals surface area contributed by atoms with E-state index >= 15 is 0 Å². The Hall–Kier alpha value is -1.30. The molecule has 1 atom stereocenters. The SMILES string of the molecule is CCCNCCNC(=O)C1CCN(c2ccc(Cl)cc2)C1=O.Cl. The summed E-state index contributed by atoms with van der Waals surface area (Å²) >= 11 is 5.85. The summed E-state index contributed by atoms with van der Waals surface area (Å²) in [6.07, 6.45) is 1.61. The van der Waals surface area contributed by atoms with Gasteiger partial charge in [0.2, 0.25) is 11.8 Å². The number of rotatable bonds is 7. The van der Waals surface area contributed by atoms with E-state index in [2.05, 4.69) is 17.6 Å². The fourth-order valence-electron chi connectivity index (χ4n) is 2.50. The lowest BCUT2D eigenvalue weighted by Gasteiger charge is -2.17. The molecule has 5 nitrogen and oxygen atoms in total. The third kappa shape index (κ3) is 5.37. The number of benzene rings is 1. The Bertz CT molecular complexity index is 523. The van der Waals surface area contributed by atoms with Crippen molar-refractivity contribution in [1.29, 1.82) is 0 Å². The minimum Gasteiger partial charge on any atom is -0.354 e. The molecule has 0 aromatic heterocycles. The van der Waals surface area contributed by atoms with Crippen molar-refractivity contribution >= 4 is 41.5 Å². The Morgan fingerprint density at radius 1 is 1.26 bits per heavy atom. The Kier molecular flexibility index (Phi) is 8.37. The molecule has 0 bridgehead atoms. The van der Waals surface area contributed by atoms with E-state index < -0.39 is 5.92 Å². The number of hydrogen-bond donors (Lipinski definition) is 2. The first-order chi connectivity index (χ1) is 10.6. The van der Waals surface area contributed by atoms with E-state index in [1.54, 1.807) is 29.2 Å². The van der Waals surface area contributed by atoms with Crippen molar-refractivity contribution in [2.75, 3.05) is 31.1 Å². The maximum atomic E-state index is 12.4. The zero-order valence-corrected chi connectivity index (χ0v) is 14.8. The molecule has 0 aliphatic carbocycles. The lowest BCUT2D eigenvalue weighted by atomic mass is 10.1. The zero-order valence-electron chi connectivity index (χ0n) is 13.2. The van der Waals surface area contributed by atoms with Gasteiger partial charge in [0.15, 0.2) is 0 Å². The summed E-state index contributed by atoms with van der Waals surface area (Å²) in [5.74, 6) is -0.900. The van der Waals surface area contributed by atoms with Crippen LogP contribution in [-0.2, 0) is 9.59 Å². The molecular weight excluding hydrogens is 337 g/mol. The quantitative estimate of drug-likeness (QED) is 0.579. The molecule has 0 radical (unpaired) electrons. The Labute approximate surface area is 148 Å². The number of hydrogen-bond acceptors (Lipinski definition) is 3. The lowest BCUT2D eigenvalue weighted by Crippen LogP contribution is -2.39. The molecule has 7 heteroatoms. The molecular formula is C16H23Cl2N3O2. The number of nitrogens with zero attached hydrogens (tertiary/aromatic N) is 1. The standard InChI is InChI=1S/C16H22ClN3O2.ClH/c1-2-8-18-9-10-19-15(21)14-7-11-20(16(14)22)13-5-3-12(17)4-6-13;/h3-6,14,18H,2,7-11H2,1H3,(H,19,21);1H. The van der Waals surface area contributed by atoms with Gasteiger partial charge in [0.1, 0.15) is 5.92 Å². The molecule has 0 spiro atoms. The van der Waals surface area contributed by atoms with Crippen LogP contribution in [-0.4, -0.2) is 38.0 Å². The molecule has 0 saturated carbocycles. The van der Waals surface area contributed by atoms with Crippen LogP contribution in [0.1, 0.15) is 19.8 Å². The van der Waals surface area contributed by atoms with E-state index in [0.717, 1.165) is 25.2 Å². The average molecular weight is 360 g/mol. The van der Waals surface area contributed by atoms with Gasteiger partial charge in [0.25, 0.3) is 0 Å². The molecule has 1 aliphatic rings. The van der Waals surface area contributed by atoms with Crippen LogP contribution in [0.4, 0.5) is 5.69 Å². The van der Waals surface area contributed by atoms with E-state index in [-0.39, 0.29) is 24.2 Å². The first-order valence-corrected chi connectivity index (χ1v) is 8.06. The molecule has 2 N–H and O–H groups in total.